The summed E-state index contributed by atoms with van der Waals surface area (Å²) in [6.45, 7) is 2.14. The SMILES string of the molecule is Cc1nonc1COc1cccc(Cl)c1. The van der Waals surface area contributed by atoms with Crippen LogP contribution in [0, 0.1) is 6.92 Å². The molecule has 1 aromatic carbocycles. The molecule has 0 saturated heterocycles. The van der Waals surface area contributed by atoms with E-state index in [0.29, 0.717) is 23.1 Å². The molecular weight excluding hydrogens is 216 g/mol. The van der Waals surface area contributed by atoms with Crippen molar-refractivity contribution in [3.63, 3.8) is 0 Å². The molecule has 0 aliphatic rings. The van der Waals surface area contributed by atoms with Crippen molar-refractivity contribution in [3.05, 3.63) is 40.7 Å². The van der Waals surface area contributed by atoms with E-state index in [9.17, 15) is 0 Å². The molecule has 2 rings (SSSR count). The molecule has 1 heterocycles. The fourth-order valence-corrected chi connectivity index (χ4v) is 1.27. The van der Waals surface area contributed by atoms with Crippen molar-refractivity contribution in [1.29, 1.82) is 0 Å². The van der Waals surface area contributed by atoms with Gasteiger partial charge in [0, 0.05) is 5.02 Å². The maximum absolute atomic E-state index is 5.81. The van der Waals surface area contributed by atoms with Gasteiger partial charge in [-0.25, -0.2) is 4.63 Å². The topological polar surface area (TPSA) is 48.2 Å². The lowest BCUT2D eigenvalue weighted by atomic mass is 10.3. The van der Waals surface area contributed by atoms with Crippen molar-refractivity contribution in [2.45, 2.75) is 13.5 Å². The normalized spacial score (nSPS) is 10.3. The summed E-state index contributed by atoms with van der Waals surface area (Å²) in [6, 6.07) is 7.18. The molecule has 15 heavy (non-hydrogen) atoms. The monoisotopic (exact) mass is 224 g/mol. The van der Waals surface area contributed by atoms with Crippen molar-refractivity contribution in [3.8, 4) is 5.75 Å². The van der Waals surface area contributed by atoms with Crippen LogP contribution >= 0.6 is 11.6 Å². The minimum atomic E-state index is 0.329. The van der Waals surface area contributed by atoms with E-state index in [1.165, 1.54) is 0 Å². The number of aryl methyl sites for hydroxylation is 1. The largest absolute Gasteiger partial charge is 0.487 e. The lowest BCUT2D eigenvalue weighted by Crippen LogP contribution is -1.97. The summed E-state index contributed by atoms with van der Waals surface area (Å²) in [4.78, 5) is 0. The molecule has 0 aliphatic heterocycles. The summed E-state index contributed by atoms with van der Waals surface area (Å²) in [6.07, 6.45) is 0. The van der Waals surface area contributed by atoms with Crippen molar-refractivity contribution in [2.24, 2.45) is 0 Å². The van der Waals surface area contributed by atoms with E-state index in [2.05, 4.69) is 14.9 Å². The van der Waals surface area contributed by atoms with Gasteiger partial charge in [0.25, 0.3) is 0 Å². The number of nitrogens with zero attached hydrogens (tertiary/aromatic N) is 2. The fourth-order valence-electron chi connectivity index (χ4n) is 1.09. The highest BCUT2D eigenvalue weighted by Crippen LogP contribution is 2.18. The number of hydrogen-bond acceptors (Lipinski definition) is 4. The molecule has 0 atom stereocenters. The van der Waals surface area contributed by atoms with Crippen LogP contribution in [0.1, 0.15) is 11.4 Å². The van der Waals surface area contributed by atoms with Gasteiger partial charge < -0.3 is 4.74 Å². The molecule has 0 amide bonds. The Kier molecular flexibility index (Phi) is 2.87. The lowest BCUT2D eigenvalue weighted by Gasteiger charge is -2.03. The lowest BCUT2D eigenvalue weighted by molar-refractivity contribution is 0.270. The predicted octanol–water partition coefficient (Wildman–Crippen LogP) is 2.61. The minimum Gasteiger partial charge on any atom is -0.487 e. The van der Waals surface area contributed by atoms with Crippen LogP contribution in [0.4, 0.5) is 0 Å². The van der Waals surface area contributed by atoms with Gasteiger partial charge in [-0.1, -0.05) is 28.0 Å². The molecular formula is C10H9ClN2O2. The molecule has 0 unspecified atom stereocenters. The third-order valence-electron chi connectivity index (χ3n) is 1.92. The first-order valence-corrected chi connectivity index (χ1v) is 4.80. The molecule has 78 valence electrons. The van der Waals surface area contributed by atoms with E-state index in [4.69, 9.17) is 16.3 Å². The highest BCUT2D eigenvalue weighted by molar-refractivity contribution is 6.30. The second kappa shape index (κ2) is 4.31. The quantitative estimate of drug-likeness (QED) is 0.804. The molecule has 1 aromatic heterocycles. The molecule has 4 nitrogen and oxygen atoms in total. The van der Waals surface area contributed by atoms with Crippen LogP contribution in [-0.2, 0) is 6.61 Å². The standard InChI is InChI=1S/C10H9ClN2O2/c1-7-10(13-15-12-7)6-14-9-4-2-3-8(11)5-9/h2-5H,6H2,1H3. The molecule has 0 bridgehead atoms. The van der Waals surface area contributed by atoms with Gasteiger partial charge in [0.1, 0.15) is 23.7 Å². The second-order valence-corrected chi connectivity index (χ2v) is 3.48. The smallest absolute Gasteiger partial charge is 0.145 e. The molecule has 2 aromatic rings. The van der Waals surface area contributed by atoms with E-state index >= 15 is 0 Å². The maximum Gasteiger partial charge on any atom is 0.145 e. The Morgan fingerprint density at radius 1 is 1.40 bits per heavy atom. The van der Waals surface area contributed by atoms with Gasteiger partial charge in [-0.2, -0.15) is 0 Å². The summed E-state index contributed by atoms with van der Waals surface area (Å²) in [5.74, 6) is 0.699. The molecule has 0 fully saturated rings. The van der Waals surface area contributed by atoms with Crippen molar-refractivity contribution < 1.29 is 9.37 Å². The average Bonchev–Trinajstić information content (AvgIpc) is 2.61. The Bertz CT molecular complexity index is 456. The zero-order chi connectivity index (χ0) is 10.7. The van der Waals surface area contributed by atoms with Gasteiger partial charge in [-0.15, -0.1) is 0 Å². The number of benzene rings is 1. The van der Waals surface area contributed by atoms with Crippen molar-refractivity contribution >= 4 is 11.6 Å². The summed E-state index contributed by atoms with van der Waals surface area (Å²) >= 11 is 5.81. The number of halogens is 1. The highest BCUT2D eigenvalue weighted by Gasteiger charge is 2.05. The van der Waals surface area contributed by atoms with E-state index in [1.807, 2.05) is 19.1 Å². The molecule has 0 N–H and O–H groups in total. The van der Waals surface area contributed by atoms with E-state index < -0.39 is 0 Å². The van der Waals surface area contributed by atoms with Gasteiger partial charge in [-0.05, 0) is 25.1 Å². The molecule has 5 heteroatoms. The Balaban J connectivity index is 2.02. The van der Waals surface area contributed by atoms with Crippen LogP contribution in [0.15, 0.2) is 28.9 Å². The maximum atomic E-state index is 5.81. The molecule has 0 spiro atoms. The summed E-state index contributed by atoms with van der Waals surface area (Å²) in [5, 5.41) is 8.00. The second-order valence-electron chi connectivity index (χ2n) is 3.04. The van der Waals surface area contributed by atoms with E-state index in [1.54, 1.807) is 12.1 Å². The van der Waals surface area contributed by atoms with Gasteiger partial charge >= 0.3 is 0 Å². The Morgan fingerprint density at radius 3 is 2.93 bits per heavy atom. The number of ether oxygens (including phenoxy) is 1. The van der Waals surface area contributed by atoms with E-state index in [0.717, 1.165) is 5.69 Å². The fraction of sp³-hybridized carbons (Fsp3) is 0.200. The van der Waals surface area contributed by atoms with Crippen LogP contribution < -0.4 is 4.74 Å². The van der Waals surface area contributed by atoms with Gasteiger partial charge in [-0.3, -0.25) is 0 Å². The van der Waals surface area contributed by atoms with Crippen LogP contribution in [0.5, 0.6) is 5.75 Å². The summed E-state index contributed by atoms with van der Waals surface area (Å²) in [5.41, 5.74) is 1.42. The van der Waals surface area contributed by atoms with Crippen LogP contribution in [0.2, 0.25) is 5.02 Å². The van der Waals surface area contributed by atoms with Gasteiger partial charge in [0.05, 0.1) is 0 Å². The third-order valence-corrected chi connectivity index (χ3v) is 2.15. The number of aromatic nitrogens is 2. The first kappa shape index (κ1) is 9.98. The Hall–Kier alpha value is -1.55. The van der Waals surface area contributed by atoms with Gasteiger partial charge in [0.2, 0.25) is 0 Å². The Labute approximate surface area is 91.8 Å². The first-order valence-electron chi connectivity index (χ1n) is 4.42. The molecule has 0 saturated carbocycles. The zero-order valence-electron chi connectivity index (χ0n) is 8.11. The van der Waals surface area contributed by atoms with Crippen LogP contribution in [0.3, 0.4) is 0 Å². The van der Waals surface area contributed by atoms with Crippen molar-refractivity contribution in [2.75, 3.05) is 0 Å². The highest BCUT2D eigenvalue weighted by atomic mass is 35.5. The Morgan fingerprint density at radius 2 is 2.27 bits per heavy atom. The average molecular weight is 225 g/mol. The van der Waals surface area contributed by atoms with Crippen LogP contribution in [0.25, 0.3) is 0 Å². The summed E-state index contributed by atoms with van der Waals surface area (Å²) < 4.78 is 10.0. The predicted molar refractivity (Wildman–Crippen MR) is 54.8 cm³/mol. The number of hydrogen-bond donors (Lipinski definition) is 0. The van der Waals surface area contributed by atoms with Gasteiger partial charge in [0.15, 0.2) is 0 Å². The van der Waals surface area contributed by atoms with E-state index in [-0.39, 0.29) is 0 Å². The third kappa shape index (κ3) is 2.47. The summed E-state index contributed by atoms with van der Waals surface area (Å²) in [7, 11) is 0. The minimum absolute atomic E-state index is 0.329. The van der Waals surface area contributed by atoms with Crippen molar-refractivity contribution in [1.82, 2.24) is 10.3 Å². The zero-order valence-corrected chi connectivity index (χ0v) is 8.86. The first-order chi connectivity index (χ1) is 7.25. The molecule has 0 aliphatic carbocycles. The molecule has 0 radical (unpaired) electrons. The number of rotatable bonds is 3. The van der Waals surface area contributed by atoms with Crippen LogP contribution in [-0.4, -0.2) is 10.3 Å².